The summed E-state index contributed by atoms with van der Waals surface area (Å²) in [6, 6.07) is 2.06. The van der Waals surface area contributed by atoms with Crippen molar-refractivity contribution in [1.29, 1.82) is 0 Å². The Kier molecular flexibility index (Phi) is 6.11. The maximum Gasteiger partial charge on any atom is 0.408 e. The maximum absolute atomic E-state index is 14.0. The molecule has 3 atom stereocenters. The van der Waals surface area contributed by atoms with Crippen LogP contribution in [0.25, 0.3) is 0 Å². The van der Waals surface area contributed by atoms with Gasteiger partial charge in [-0.15, -0.1) is 0 Å². The number of pyridine rings is 1. The van der Waals surface area contributed by atoms with Gasteiger partial charge in [0.25, 0.3) is 5.56 Å². The Labute approximate surface area is 197 Å². The molecule has 0 amide bonds. The van der Waals surface area contributed by atoms with E-state index >= 15 is 0 Å². The smallest absolute Gasteiger partial charge is 0.408 e. The number of hydrogen-bond acceptors (Lipinski definition) is 8. The van der Waals surface area contributed by atoms with E-state index in [4.69, 9.17) is 9.47 Å². The van der Waals surface area contributed by atoms with Crippen molar-refractivity contribution in [2.45, 2.75) is 43.8 Å². The molecule has 0 saturated carbocycles. The van der Waals surface area contributed by atoms with E-state index in [1.807, 2.05) is 4.90 Å². The van der Waals surface area contributed by atoms with Crippen LogP contribution in [0.2, 0.25) is 0 Å². The van der Waals surface area contributed by atoms with Gasteiger partial charge in [-0.1, -0.05) is 0 Å². The normalized spacial score (nSPS) is 23.5. The highest BCUT2D eigenvalue weighted by Crippen LogP contribution is 2.36. The lowest BCUT2D eigenvalue weighted by atomic mass is 10.1. The number of nitrogens with zero attached hydrogens (tertiary/aromatic N) is 5. The fourth-order valence-corrected chi connectivity index (χ4v) is 4.83. The van der Waals surface area contributed by atoms with Crippen molar-refractivity contribution in [3.63, 3.8) is 0 Å². The van der Waals surface area contributed by atoms with Crippen LogP contribution < -0.4 is 20.1 Å². The first-order valence-corrected chi connectivity index (χ1v) is 11.3. The molecule has 2 aromatic rings. The number of ether oxygens (including phenoxy) is 2. The summed E-state index contributed by atoms with van der Waals surface area (Å²) in [5.74, 6) is -0.440. The van der Waals surface area contributed by atoms with E-state index in [1.54, 1.807) is 0 Å². The Morgan fingerprint density at radius 3 is 2.74 bits per heavy atom. The molecule has 13 heteroatoms. The van der Waals surface area contributed by atoms with E-state index in [0.717, 1.165) is 11.3 Å². The number of halogens is 4. The molecular formula is C22H23F4N5O4. The van der Waals surface area contributed by atoms with Crippen molar-refractivity contribution in [2.24, 2.45) is 0 Å². The molecular weight excluding hydrogens is 474 g/mol. The van der Waals surface area contributed by atoms with Crippen LogP contribution in [0.3, 0.4) is 0 Å². The summed E-state index contributed by atoms with van der Waals surface area (Å²) in [6.45, 7) is -0.752. The predicted octanol–water partition coefficient (Wildman–Crippen LogP) is 1.99. The number of anilines is 2. The predicted molar refractivity (Wildman–Crippen MR) is 116 cm³/mol. The van der Waals surface area contributed by atoms with Crippen LogP contribution >= 0.6 is 0 Å². The van der Waals surface area contributed by atoms with Crippen LogP contribution in [0.15, 0.2) is 29.2 Å². The molecule has 35 heavy (non-hydrogen) atoms. The Morgan fingerprint density at radius 1 is 1.29 bits per heavy atom. The fraction of sp³-hybridized carbons (Fsp3) is 0.545. The monoisotopic (exact) mass is 497 g/mol. The molecule has 0 N–H and O–H groups in total. The third-order valence-electron chi connectivity index (χ3n) is 6.51. The number of alkyl halides is 4. The number of morpholine rings is 1. The van der Waals surface area contributed by atoms with Gasteiger partial charge in [-0.25, -0.2) is 9.37 Å². The molecule has 0 aromatic carbocycles. The second kappa shape index (κ2) is 9.10. The standard InChI is InChI=1S/C22H23F4N5O4/c23-4-6-34-19-2-1-13(9-27-19)16(32)11-31-17(22(24,25)26)3-5-29-20(33)8-18(28-21(29)31)30-10-15-7-14(30)12-35-15/h1-2,8-9,14-15,17H,3-7,10-12H2/t14-,15-,17?/m0/s1. The highest BCUT2D eigenvalue weighted by atomic mass is 19.4. The largest absolute Gasteiger partial charge is 0.475 e. The van der Waals surface area contributed by atoms with Crippen molar-refractivity contribution in [1.82, 2.24) is 14.5 Å². The van der Waals surface area contributed by atoms with Crippen molar-refractivity contribution in [3.8, 4) is 5.88 Å². The number of fused-ring (bicyclic) bond motifs is 3. The number of ketones is 1. The lowest BCUT2D eigenvalue weighted by Gasteiger charge is -2.39. The van der Waals surface area contributed by atoms with Gasteiger partial charge in [0, 0.05) is 37.0 Å². The van der Waals surface area contributed by atoms with Gasteiger partial charge in [0.15, 0.2) is 5.78 Å². The van der Waals surface area contributed by atoms with Crippen molar-refractivity contribution in [3.05, 3.63) is 40.3 Å². The summed E-state index contributed by atoms with van der Waals surface area (Å²) in [5, 5.41) is 0. The molecule has 1 unspecified atom stereocenters. The van der Waals surface area contributed by atoms with Gasteiger partial charge in [0.2, 0.25) is 11.8 Å². The SMILES string of the molecule is O=C(CN1c2nc(N3C[C@@H]4C[C@H]3CO4)cc(=O)n2CCC1C(F)(F)F)c1ccc(OCCF)nc1. The average molecular weight is 497 g/mol. The zero-order chi connectivity index (χ0) is 24.7. The minimum Gasteiger partial charge on any atom is -0.475 e. The summed E-state index contributed by atoms with van der Waals surface area (Å²) < 4.78 is 66.0. The molecule has 188 valence electrons. The summed E-state index contributed by atoms with van der Waals surface area (Å²) in [5.41, 5.74) is -0.411. The quantitative estimate of drug-likeness (QED) is 0.424. The van der Waals surface area contributed by atoms with E-state index in [-0.39, 0.29) is 54.9 Å². The van der Waals surface area contributed by atoms with Crippen LogP contribution in [0.4, 0.5) is 29.3 Å². The number of carbonyl (C=O) groups is 1. The van der Waals surface area contributed by atoms with Crippen LogP contribution in [0, 0.1) is 0 Å². The van der Waals surface area contributed by atoms with Gasteiger partial charge in [-0.3, -0.25) is 14.2 Å². The number of hydrogen-bond donors (Lipinski definition) is 0. The van der Waals surface area contributed by atoms with Crippen LogP contribution in [0.1, 0.15) is 23.2 Å². The third-order valence-corrected chi connectivity index (χ3v) is 6.51. The van der Waals surface area contributed by atoms with Gasteiger partial charge in [-0.05, 0) is 18.9 Å². The van der Waals surface area contributed by atoms with E-state index in [0.29, 0.717) is 13.2 Å². The van der Waals surface area contributed by atoms with E-state index in [1.165, 1.54) is 29.0 Å². The van der Waals surface area contributed by atoms with E-state index < -0.39 is 36.8 Å². The summed E-state index contributed by atoms with van der Waals surface area (Å²) in [7, 11) is 0. The van der Waals surface area contributed by atoms with Gasteiger partial charge in [0.1, 0.15) is 25.1 Å². The zero-order valence-electron chi connectivity index (χ0n) is 18.6. The number of aromatic nitrogens is 3. The molecule has 2 saturated heterocycles. The van der Waals surface area contributed by atoms with Crippen LogP contribution in [-0.2, 0) is 11.3 Å². The lowest BCUT2D eigenvalue weighted by Crippen LogP contribution is -2.54. The number of Topliss-reactive ketones (excluding diaryl/α,β-unsaturated/α-hetero) is 1. The molecule has 5 rings (SSSR count). The molecule has 0 radical (unpaired) electrons. The molecule has 9 nitrogen and oxygen atoms in total. The van der Waals surface area contributed by atoms with Crippen molar-refractivity contribution < 1.29 is 31.8 Å². The molecule has 0 aliphatic carbocycles. The first kappa shape index (κ1) is 23.5. The minimum atomic E-state index is -4.64. The minimum absolute atomic E-state index is 0.00514. The second-order valence-corrected chi connectivity index (χ2v) is 8.72. The third kappa shape index (κ3) is 4.56. The van der Waals surface area contributed by atoms with Crippen LogP contribution in [-0.4, -0.2) is 77.7 Å². The average Bonchev–Trinajstić information content (AvgIpc) is 3.46. The molecule has 2 aromatic heterocycles. The van der Waals surface area contributed by atoms with Crippen molar-refractivity contribution in [2.75, 3.05) is 42.8 Å². The van der Waals surface area contributed by atoms with Gasteiger partial charge < -0.3 is 19.3 Å². The Hall–Kier alpha value is -3.22. The van der Waals surface area contributed by atoms with Gasteiger partial charge in [-0.2, -0.15) is 18.2 Å². The topological polar surface area (TPSA) is 89.8 Å². The lowest BCUT2D eigenvalue weighted by molar-refractivity contribution is -0.152. The number of rotatable bonds is 7. The fourth-order valence-electron chi connectivity index (χ4n) is 4.83. The summed E-state index contributed by atoms with van der Waals surface area (Å²) in [4.78, 5) is 36.9. The number of carbonyl (C=O) groups excluding carboxylic acids is 1. The zero-order valence-corrected chi connectivity index (χ0v) is 18.6. The Balaban J connectivity index is 1.46. The van der Waals surface area contributed by atoms with E-state index in [9.17, 15) is 27.2 Å². The van der Waals surface area contributed by atoms with Gasteiger partial charge in [0.05, 0.1) is 25.3 Å². The Morgan fingerprint density at radius 2 is 2.11 bits per heavy atom. The summed E-state index contributed by atoms with van der Waals surface area (Å²) >= 11 is 0. The molecule has 2 bridgehead atoms. The van der Waals surface area contributed by atoms with Gasteiger partial charge >= 0.3 is 6.18 Å². The highest BCUT2D eigenvalue weighted by molar-refractivity contribution is 5.99. The molecule has 0 spiro atoms. The molecule has 3 aliphatic rings. The molecule has 2 fully saturated rings. The summed E-state index contributed by atoms with van der Waals surface area (Å²) in [6.07, 6.45) is -3.08. The molecule has 5 heterocycles. The first-order chi connectivity index (χ1) is 16.7. The maximum atomic E-state index is 14.0. The Bertz CT molecular complexity index is 1160. The highest BCUT2D eigenvalue weighted by Gasteiger charge is 2.48. The molecule has 3 aliphatic heterocycles. The van der Waals surface area contributed by atoms with Crippen molar-refractivity contribution >= 4 is 17.5 Å². The van der Waals surface area contributed by atoms with E-state index in [2.05, 4.69) is 9.97 Å². The second-order valence-electron chi connectivity index (χ2n) is 8.72. The first-order valence-electron chi connectivity index (χ1n) is 11.3. The van der Waals surface area contributed by atoms with Crippen LogP contribution in [0.5, 0.6) is 5.88 Å².